The quantitative estimate of drug-likeness (QED) is 0.738. The second kappa shape index (κ2) is 8.09. The van der Waals surface area contributed by atoms with Crippen LogP contribution in [-0.4, -0.2) is 58.2 Å². The summed E-state index contributed by atoms with van der Waals surface area (Å²) in [5.41, 5.74) is 0.0384. The van der Waals surface area contributed by atoms with Crippen molar-refractivity contribution >= 4 is 28.4 Å². The third-order valence-electron chi connectivity index (χ3n) is 6.67. The van der Waals surface area contributed by atoms with Crippen LogP contribution in [-0.2, 0) is 6.54 Å². The van der Waals surface area contributed by atoms with Crippen LogP contribution in [0.5, 0.6) is 0 Å². The fourth-order valence-electron chi connectivity index (χ4n) is 4.67. The number of carbonyl (C=O) groups excluding carboxylic acids is 1. The van der Waals surface area contributed by atoms with Crippen molar-refractivity contribution in [2.45, 2.75) is 62.6 Å². The van der Waals surface area contributed by atoms with Gasteiger partial charge < -0.3 is 19.9 Å². The molecule has 164 valence electrons. The lowest BCUT2D eigenvalue weighted by Gasteiger charge is -2.35. The number of alkyl halides is 2. The first-order valence-electron chi connectivity index (χ1n) is 10.5. The van der Waals surface area contributed by atoms with Gasteiger partial charge in [0.2, 0.25) is 5.92 Å². The predicted octanol–water partition coefficient (Wildman–Crippen LogP) is 4.06. The van der Waals surface area contributed by atoms with Gasteiger partial charge in [-0.1, -0.05) is 17.7 Å². The molecule has 1 amide bonds. The number of halogens is 3. The number of amides is 1. The van der Waals surface area contributed by atoms with E-state index in [1.807, 2.05) is 18.3 Å². The molecule has 5 nitrogen and oxygen atoms in total. The van der Waals surface area contributed by atoms with Gasteiger partial charge in [-0.05, 0) is 51.4 Å². The zero-order chi connectivity index (χ0) is 21.5. The van der Waals surface area contributed by atoms with E-state index in [4.69, 9.17) is 11.6 Å². The van der Waals surface area contributed by atoms with Crippen molar-refractivity contribution in [3.63, 3.8) is 0 Å². The monoisotopic (exact) mass is 439 g/mol. The molecule has 1 aliphatic carbocycles. The minimum absolute atomic E-state index is 0.0309. The Labute approximate surface area is 180 Å². The molecule has 2 fully saturated rings. The van der Waals surface area contributed by atoms with Crippen LogP contribution >= 0.6 is 11.6 Å². The highest BCUT2D eigenvalue weighted by Crippen LogP contribution is 2.38. The molecular formula is C22H28ClF2N3O2. The fourth-order valence-corrected chi connectivity index (χ4v) is 4.94. The van der Waals surface area contributed by atoms with Gasteiger partial charge in [0, 0.05) is 43.6 Å². The molecule has 30 heavy (non-hydrogen) atoms. The number of nitrogens with zero attached hydrogens (tertiary/aromatic N) is 2. The second-order valence-electron chi connectivity index (χ2n) is 8.87. The van der Waals surface area contributed by atoms with Gasteiger partial charge in [0.25, 0.3) is 5.91 Å². The van der Waals surface area contributed by atoms with Gasteiger partial charge in [0.05, 0.1) is 21.7 Å². The van der Waals surface area contributed by atoms with Crippen molar-refractivity contribution in [2.24, 2.45) is 0 Å². The third kappa shape index (κ3) is 4.34. The first-order chi connectivity index (χ1) is 14.2. The molecule has 1 saturated heterocycles. The molecule has 1 aromatic heterocycles. The molecule has 2 aliphatic rings. The van der Waals surface area contributed by atoms with Crippen LogP contribution < -0.4 is 5.32 Å². The molecule has 0 spiro atoms. The van der Waals surface area contributed by atoms with E-state index >= 15 is 0 Å². The minimum atomic E-state index is -2.73. The average molecular weight is 440 g/mol. The van der Waals surface area contributed by atoms with E-state index in [-0.39, 0.29) is 38.1 Å². The number of carbonyl (C=O) groups is 1. The van der Waals surface area contributed by atoms with Crippen molar-refractivity contribution < 1.29 is 18.7 Å². The van der Waals surface area contributed by atoms with E-state index < -0.39 is 11.5 Å². The van der Waals surface area contributed by atoms with Gasteiger partial charge in [0.1, 0.15) is 0 Å². The number of likely N-dealkylation sites (tertiary alicyclic amines) is 1. The summed E-state index contributed by atoms with van der Waals surface area (Å²) in [6.07, 6.45) is 3.30. The van der Waals surface area contributed by atoms with Crippen molar-refractivity contribution in [1.82, 2.24) is 14.8 Å². The summed E-state index contributed by atoms with van der Waals surface area (Å²) in [6, 6.07) is 5.97. The van der Waals surface area contributed by atoms with E-state index in [0.29, 0.717) is 22.0 Å². The van der Waals surface area contributed by atoms with Gasteiger partial charge in [-0.2, -0.15) is 0 Å². The fraction of sp³-hybridized carbons (Fsp3) is 0.591. The number of hydrogen-bond donors (Lipinski definition) is 2. The maximum absolute atomic E-state index is 13.4. The molecular weight excluding hydrogens is 412 g/mol. The number of aromatic nitrogens is 1. The molecule has 1 aromatic carbocycles. The molecule has 2 heterocycles. The molecule has 2 aromatic rings. The third-order valence-corrected chi connectivity index (χ3v) is 6.98. The number of rotatable bonds is 5. The predicted molar refractivity (Wildman–Crippen MR) is 113 cm³/mol. The Kier molecular flexibility index (Phi) is 5.81. The SMILES string of the molecule is CN1CCCC1Cn1cc(C(=O)NCC2(O)CCC(F)(F)CC2)c2c(Cl)cccc21. The highest BCUT2D eigenvalue weighted by atomic mass is 35.5. The van der Waals surface area contributed by atoms with Crippen LogP contribution in [0.3, 0.4) is 0 Å². The maximum atomic E-state index is 13.4. The summed E-state index contributed by atoms with van der Waals surface area (Å²) in [4.78, 5) is 15.3. The van der Waals surface area contributed by atoms with Gasteiger partial charge in [-0.25, -0.2) is 8.78 Å². The molecule has 0 bridgehead atoms. The average Bonchev–Trinajstić information content (AvgIpc) is 3.28. The summed E-state index contributed by atoms with van der Waals surface area (Å²) in [6.45, 7) is 1.78. The smallest absolute Gasteiger partial charge is 0.253 e. The van der Waals surface area contributed by atoms with Crippen LogP contribution in [0.15, 0.2) is 24.4 Å². The van der Waals surface area contributed by atoms with Crippen LogP contribution in [0.25, 0.3) is 10.9 Å². The van der Waals surface area contributed by atoms with E-state index in [9.17, 15) is 18.7 Å². The number of aliphatic hydroxyl groups is 1. The molecule has 1 unspecified atom stereocenters. The summed E-state index contributed by atoms with van der Waals surface area (Å²) < 4.78 is 28.9. The number of fused-ring (bicyclic) bond motifs is 1. The Morgan fingerprint density at radius 1 is 1.30 bits per heavy atom. The number of likely N-dealkylation sites (N-methyl/N-ethyl adjacent to an activating group) is 1. The van der Waals surface area contributed by atoms with Crippen molar-refractivity contribution in [3.05, 3.63) is 35.0 Å². The first kappa shape index (κ1) is 21.5. The maximum Gasteiger partial charge on any atom is 0.253 e. The lowest BCUT2D eigenvalue weighted by atomic mass is 9.82. The van der Waals surface area contributed by atoms with Crippen molar-refractivity contribution in [2.75, 3.05) is 20.1 Å². The van der Waals surface area contributed by atoms with Gasteiger partial charge in [0.15, 0.2) is 0 Å². The van der Waals surface area contributed by atoms with Crippen LogP contribution in [0, 0.1) is 0 Å². The van der Waals surface area contributed by atoms with Gasteiger partial charge in [-0.15, -0.1) is 0 Å². The topological polar surface area (TPSA) is 57.5 Å². The lowest BCUT2D eigenvalue weighted by Crippen LogP contribution is -2.47. The highest BCUT2D eigenvalue weighted by molar-refractivity contribution is 6.36. The summed E-state index contributed by atoms with van der Waals surface area (Å²) in [7, 11) is 2.11. The molecule has 0 radical (unpaired) electrons. The summed E-state index contributed by atoms with van der Waals surface area (Å²) in [5.74, 6) is -3.08. The lowest BCUT2D eigenvalue weighted by molar-refractivity contribution is -0.101. The molecule has 2 N–H and O–H groups in total. The number of hydrogen-bond acceptors (Lipinski definition) is 3. The van der Waals surface area contributed by atoms with Crippen LogP contribution in [0.1, 0.15) is 48.9 Å². The first-order valence-corrected chi connectivity index (χ1v) is 10.9. The Bertz CT molecular complexity index is 936. The molecule has 1 atom stereocenters. The Morgan fingerprint density at radius 3 is 2.70 bits per heavy atom. The van der Waals surface area contributed by atoms with E-state index in [1.54, 1.807) is 6.07 Å². The van der Waals surface area contributed by atoms with E-state index in [2.05, 4.69) is 21.8 Å². The highest BCUT2D eigenvalue weighted by Gasteiger charge is 2.42. The van der Waals surface area contributed by atoms with Crippen LogP contribution in [0.2, 0.25) is 5.02 Å². The largest absolute Gasteiger partial charge is 0.388 e. The molecule has 1 saturated carbocycles. The Balaban J connectivity index is 1.54. The number of nitrogens with one attached hydrogen (secondary N) is 1. The summed E-state index contributed by atoms with van der Waals surface area (Å²) >= 11 is 6.44. The molecule has 1 aliphatic heterocycles. The molecule has 8 heteroatoms. The standard InChI is InChI=1S/C22H28ClF2N3O2/c1-27-11-3-4-15(27)12-28-13-16(19-17(23)5-2-6-18(19)28)20(29)26-14-21(30)7-9-22(24,25)10-8-21/h2,5-6,13,15,30H,3-4,7-12,14H2,1H3,(H,26,29). The zero-order valence-electron chi connectivity index (χ0n) is 17.1. The normalized spacial score (nSPS) is 23.7. The number of benzene rings is 1. The van der Waals surface area contributed by atoms with Crippen molar-refractivity contribution in [3.8, 4) is 0 Å². The summed E-state index contributed by atoms with van der Waals surface area (Å²) in [5, 5.41) is 14.5. The van der Waals surface area contributed by atoms with E-state index in [0.717, 1.165) is 31.4 Å². The minimum Gasteiger partial charge on any atom is -0.388 e. The van der Waals surface area contributed by atoms with E-state index in [1.165, 1.54) is 0 Å². The molecule has 4 rings (SSSR count). The second-order valence-corrected chi connectivity index (χ2v) is 9.28. The van der Waals surface area contributed by atoms with Crippen LogP contribution in [0.4, 0.5) is 8.78 Å². The Hall–Kier alpha value is -1.70. The Morgan fingerprint density at radius 2 is 2.03 bits per heavy atom. The van der Waals surface area contributed by atoms with Crippen molar-refractivity contribution in [1.29, 1.82) is 0 Å². The zero-order valence-corrected chi connectivity index (χ0v) is 17.9. The van der Waals surface area contributed by atoms with Gasteiger partial charge >= 0.3 is 0 Å². The van der Waals surface area contributed by atoms with Gasteiger partial charge in [-0.3, -0.25) is 4.79 Å².